The number of anilines is 12. The number of fused-ring (bicyclic) bond motifs is 8. The Morgan fingerprint density at radius 3 is 1.40 bits per heavy atom. The molecule has 0 bridgehead atoms. The third-order valence-corrected chi connectivity index (χ3v) is 18.4. The standard InChI is InChI=1S/C71H47B2N5S2/c1-6-24-48(25-7-1)75(49-26-8-2-9-27-49)53-42-64-70-65(43-53)78(61-38-19-16-34-55(61)60-37-22-23-41-74-60)63-47-67-59(46-58(63)72(70)56-35-17-20-39-62(56)77(64)52-32-14-5-15-33-52)73-57-36-18-21-40-66(57)79-68-44-54(45-69(80-67)71(68)73)76(50-28-10-3-11-29-50)51-30-12-4-13-31-51/h1-47H. The van der Waals surface area contributed by atoms with Crippen LogP contribution in [0.15, 0.2) is 305 Å². The Bertz CT molecular complexity index is 4270. The summed E-state index contributed by atoms with van der Waals surface area (Å²) in [6, 6.07) is 102. The SMILES string of the molecule is c1ccc(N(c2ccccc2)c2cc3c4c(c2)Sc2cc5c(cc2B4c2ccccc2S3)B2c3ccccc3N(c3ccccc3)c3cc(N(c4ccccc4)c4ccccc4)cc(c32)N5c2ccccc2-c2ccccn2)cc1. The van der Waals surface area contributed by atoms with Crippen LogP contribution >= 0.6 is 23.5 Å². The van der Waals surface area contributed by atoms with Crippen molar-refractivity contribution in [2.24, 2.45) is 0 Å². The molecule has 80 heavy (non-hydrogen) atoms. The molecule has 0 fully saturated rings. The lowest BCUT2D eigenvalue weighted by atomic mass is 9.31. The van der Waals surface area contributed by atoms with Gasteiger partial charge < -0.3 is 19.6 Å². The molecular weight excluding hydrogens is 1010 g/mol. The number of aromatic nitrogens is 1. The first-order chi connectivity index (χ1) is 39.7. The minimum atomic E-state index is -0.113. The highest BCUT2D eigenvalue weighted by atomic mass is 32.2. The Labute approximate surface area is 475 Å². The fourth-order valence-electron chi connectivity index (χ4n) is 12.8. The number of benzene rings is 11. The van der Waals surface area contributed by atoms with E-state index in [1.807, 2.05) is 35.8 Å². The van der Waals surface area contributed by atoms with Crippen LogP contribution in [0.3, 0.4) is 0 Å². The smallest absolute Gasteiger partial charge is 0.252 e. The van der Waals surface area contributed by atoms with E-state index in [1.165, 1.54) is 58.0 Å². The Kier molecular flexibility index (Phi) is 11.2. The lowest BCUT2D eigenvalue weighted by Gasteiger charge is -2.46. The van der Waals surface area contributed by atoms with Crippen molar-refractivity contribution in [3.05, 3.63) is 285 Å². The van der Waals surface area contributed by atoms with Gasteiger partial charge in [-0.3, -0.25) is 4.98 Å². The minimum absolute atomic E-state index is 0.0115. The summed E-state index contributed by atoms with van der Waals surface area (Å²) in [5.74, 6) is 0. The maximum absolute atomic E-state index is 5.05. The number of pyridine rings is 1. The monoisotopic (exact) mass is 1060 g/mol. The maximum Gasteiger partial charge on any atom is 0.252 e. The van der Waals surface area contributed by atoms with E-state index in [0.29, 0.717) is 0 Å². The van der Waals surface area contributed by atoms with Gasteiger partial charge >= 0.3 is 0 Å². The molecule has 4 aliphatic heterocycles. The molecule has 9 heteroatoms. The van der Waals surface area contributed by atoms with E-state index in [0.717, 1.165) is 73.8 Å². The van der Waals surface area contributed by atoms with Crippen LogP contribution in [0.1, 0.15) is 0 Å². The molecule has 0 aliphatic carbocycles. The number of nitrogens with zero attached hydrogens (tertiary/aromatic N) is 5. The second-order valence-corrected chi connectivity index (χ2v) is 22.8. The molecule has 0 saturated carbocycles. The Hall–Kier alpha value is -9.40. The van der Waals surface area contributed by atoms with Crippen LogP contribution in [0.25, 0.3) is 11.3 Å². The molecule has 0 spiro atoms. The second kappa shape index (κ2) is 19.2. The molecule has 12 aromatic rings. The number of hydrogen-bond acceptors (Lipinski definition) is 7. The van der Waals surface area contributed by atoms with E-state index in [9.17, 15) is 0 Å². The van der Waals surface area contributed by atoms with E-state index < -0.39 is 0 Å². The summed E-state index contributed by atoms with van der Waals surface area (Å²) in [6.07, 6.45) is 1.91. The largest absolute Gasteiger partial charge is 0.311 e. The van der Waals surface area contributed by atoms with Crippen molar-refractivity contribution in [3.63, 3.8) is 0 Å². The van der Waals surface area contributed by atoms with Gasteiger partial charge in [0.25, 0.3) is 6.71 Å². The van der Waals surface area contributed by atoms with Crippen LogP contribution in [0.2, 0.25) is 0 Å². The fraction of sp³-hybridized carbons (Fsp3) is 0. The highest BCUT2D eigenvalue weighted by molar-refractivity contribution is 8.01. The van der Waals surface area contributed by atoms with Crippen molar-refractivity contribution in [3.8, 4) is 11.3 Å². The molecule has 4 aliphatic rings. The van der Waals surface area contributed by atoms with E-state index in [-0.39, 0.29) is 13.4 Å². The summed E-state index contributed by atoms with van der Waals surface area (Å²) in [6.45, 7) is -0.102. The highest BCUT2D eigenvalue weighted by Gasteiger charge is 2.47. The third-order valence-electron chi connectivity index (χ3n) is 16.1. The van der Waals surface area contributed by atoms with E-state index >= 15 is 0 Å². The quantitative estimate of drug-likeness (QED) is 0.133. The molecule has 0 N–H and O–H groups in total. The summed E-state index contributed by atoms with van der Waals surface area (Å²) in [4.78, 5) is 20.1. The van der Waals surface area contributed by atoms with Crippen LogP contribution in [-0.4, -0.2) is 18.4 Å². The molecule has 374 valence electrons. The molecule has 1 aromatic heterocycles. The summed E-state index contributed by atoms with van der Waals surface area (Å²) in [5.41, 5.74) is 23.2. The summed E-state index contributed by atoms with van der Waals surface area (Å²) in [5, 5.41) is 0. The summed E-state index contributed by atoms with van der Waals surface area (Å²) in [7, 11) is 0. The van der Waals surface area contributed by atoms with Crippen molar-refractivity contribution in [2.75, 3.05) is 19.6 Å². The van der Waals surface area contributed by atoms with Gasteiger partial charge in [0, 0.05) is 88.2 Å². The van der Waals surface area contributed by atoms with E-state index in [4.69, 9.17) is 4.98 Å². The van der Waals surface area contributed by atoms with Crippen LogP contribution < -0.4 is 52.4 Å². The minimum Gasteiger partial charge on any atom is -0.311 e. The van der Waals surface area contributed by atoms with Crippen molar-refractivity contribution >= 4 is 138 Å². The highest BCUT2D eigenvalue weighted by Crippen LogP contribution is 2.51. The topological polar surface area (TPSA) is 25.9 Å². The molecule has 11 aromatic carbocycles. The van der Waals surface area contributed by atoms with Gasteiger partial charge in [-0.15, -0.1) is 0 Å². The number of rotatable bonds is 9. The molecule has 0 radical (unpaired) electrons. The van der Waals surface area contributed by atoms with Crippen LogP contribution in [0.4, 0.5) is 68.2 Å². The van der Waals surface area contributed by atoms with Gasteiger partial charge in [-0.2, -0.15) is 0 Å². The zero-order valence-electron chi connectivity index (χ0n) is 43.3. The van der Waals surface area contributed by atoms with E-state index in [1.54, 1.807) is 0 Å². The number of hydrogen-bond donors (Lipinski definition) is 0. The lowest BCUT2D eigenvalue weighted by molar-refractivity contribution is 1.21. The summed E-state index contributed by atoms with van der Waals surface area (Å²) >= 11 is 3.82. The Morgan fingerprint density at radius 1 is 0.300 bits per heavy atom. The van der Waals surface area contributed by atoms with Crippen LogP contribution in [0, 0.1) is 0 Å². The molecule has 16 rings (SSSR count). The predicted octanol–water partition coefficient (Wildman–Crippen LogP) is 15.2. The molecule has 0 unspecified atom stereocenters. The average molecular weight is 1060 g/mol. The van der Waals surface area contributed by atoms with Gasteiger partial charge in [0.15, 0.2) is 0 Å². The first kappa shape index (κ1) is 46.7. The Balaban J connectivity index is 0.996. The first-order valence-corrected chi connectivity index (χ1v) is 28.9. The van der Waals surface area contributed by atoms with Gasteiger partial charge in [-0.05, 0) is 143 Å². The third kappa shape index (κ3) is 7.56. The predicted molar refractivity (Wildman–Crippen MR) is 339 cm³/mol. The second-order valence-electron chi connectivity index (χ2n) is 20.6. The zero-order chi connectivity index (χ0) is 52.7. The molecule has 5 heterocycles. The maximum atomic E-state index is 5.05. The lowest BCUT2D eigenvalue weighted by Crippen LogP contribution is -2.64. The first-order valence-electron chi connectivity index (χ1n) is 27.3. The van der Waals surface area contributed by atoms with Crippen molar-refractivity contribution in [2.45, 2.75) is 19.6 Å². The van der Waals surface area contributed by atoms with Gasteiger partial charge in [0.1, 0.15) is 0 Å². The molecule has 0 saturated heterocycles. The normalized spacial score (nSPS) is 13.1. The van der Waals surface area contributed by atoms with Crippen LogP contribution in [-0.2, 0) is 0 Å². The van der Waals surface area contributed by atoms with Crippen molar-refractivity contribution in [1.82, 2.24) is 4.98 Å². The van der Waals surface area contributed by atoms with Gasteiger partial charge in [0.05, 0.1) is 17.1 Å². The zero-order valence-corrected chi connectivity index (χ0v) is 45.0. The molecule has 0 atom stereocenters. The molecular formula is C71H47B2N5S2. The number of para-hydroxylation sites is 7. The summed E-state index contributed by atoms with van der Waals surface area (Å²) < 4.78 is 0. The Morgan fingerprint density at radius 2 is 0.787 bits per heavy atom. The van der Waals surface area contributed by atoms with Gasteiger partial charge in [0.2, 0.25) is 6.71 Å². The molecule has 5 nitrogen and oxygen atoms in total. The van der Waals surface area contributed by atoms with Crippen molar-refractivity contribution in [1.29, 1.82) is 0 Å². The van der Waals surface area contributed by atoms with Gasteiger partial charge in [-0.1, -0.05) is 192 Å². The van der Waals surface area contributed by atoms with Crippen molar-refractivity contribution < 1.29 is 0 Å². The van der Waals surface area contributed by atoms with Gasteiger partial charge in [-0.25, -0.2) is 0 Å². The van der Waals surface area contributed by atoms with E-state index in [2.05, 4.69) is 293 Å². The fourth-order valence-corrected chi connectivity index (χ4v) is 15.3. The molecule has 0 amide bonds. The average Bonchev–Trinajstić information content (AvgIpc) is 3.61. The van der Waals surface area contributed by atoms with Crippen LogP contribution in [0.5, 0.6) is 0 Å².